The molecule has 6 heteroatoms. The molecule has 0 atom stereocenters. The molecule has 0 radical (unpaired) electrons. The highest BCUT2D eigenvalue weighted by Gasteiger charge is 2.44. The van der Waals surface area contributed by atoms with Crippen molar-refractivity contribution in [3.8, 4) is 11.5 Å². The molecular weight excluding hydrogens is 368 g/mol. The van der Waals surface area contributed by atoms with Gasteiger partial charge >= 0.3 is 0 Å². The van der Waals surface area contributed by atoms with Crippen molar-refractivity contribution in [3.63, 3.8) is 0 Å². The molecule has 154 valence electrons. The van der Waals surface area contributed by atoms with Crippen LogP contribution in [0, 0.1) is 0 Å². The first-order valence-electron chi connectivity index (χ1n) is 10.1. The third-order valence-electron chi connectivity index (χ3n) is 5.08. The zero-order chi connectivity index (χ0) is 20.7. The van der Waals surface area contributed by atoms with Crippen LogP contribution in [0.4, 0.5) is 0 Å². The van der Waals surface area contributed by atoms with E-state index in [1.54, 1.807) is 18.2 Å². The van der Waals surface area contributed by atoms with Crippen molar-refractivity contribution in [2.75, 3.05) is 26.3 Å². The second kappa shape index (κ2) is 9.45. The first kappa shape index (κ1) is 20.7. The fourth-order valence-electron chi connectivity index (χ4n) is 3.30. The topological polar surface area (TPSA) is 76.7 Å². The van der Waals surface area contributed by atoms with Gasteiger partial charge in [-0.05, 0) is 50.5 Å². The first-order chi connectivity index (χ1) is 14.1. The summed E-state index contributed by atoms with van der Waals surface area (Å²) in [6, 6.07) is 15.2. The monoisotopic (exact) mass is 396 g/mol. The lowest BCUT2D eigenvalue weighted by Gasteiger charge is -2.17. The smallest absolute Gasteiger partial charge is 0.251 e. The van der Waals surface area contributed by atoms with Crippen LogP contribution in [0.1, 0.15) is 42.6 Å². The van der Waals surface area contributed by atoms with Gasteiger partial charge < -0.3 is 20.1 Å². The molecule has 6 nitrogen and oxygen atoms in total. The number of hydrogen-bond donors (Lipinski definition) is 2. The van der Waals surface area contributed by atoms with Crippen LogP contribution >= 0.6 is 0 Å². The molecule has 1 aliphatic carbocycles. The fourth-order valence-corrected chi connectivity index (χ4v) is 3.30. The van der Waals surface area contributed by atoms with Gasteiger partial charge in [0.25, 0.3) is 5.91 Å². The van der Waals surface area contributed by atoms with E-state index in [1.165, 1.54) is 5.56 Å². The summed E-state index contributed by atoms with van der Waals surface area (Å²) in [5.41, 5.74) is 1.72. The second-order valence-electron chi connectivity index (χ2n) is 7.13. The summed E-state index contributed by atoms with van der Waals surface area (Å²) >= 11 is 0. The first-order valence-corrected chi connectivity index (χ1v) is 10.1. The van der Waals surface area contributed by atoms with Crippen LogP contribution in [0.15, 0.2) is 48.5 Å². The predicted octanol–water partition coefficient (Wildman–Crippen LogP) is 3.06. The minimum absolute atomic E-state index is 0.0441. The maximum absolute atomic E-state index is 12.4. The normalized spacial score (nSPS) is 14.0. The van der Waals surface area contributed by atoms with Crippen molar-refractivity contribution in [2.45, 2.75) is 32.1 Å². The summed E-state index contributed by atoms with van der Waals surface area (Å²) in [6.07, 6.45) is 2.13. The molecule has 2 amide bonds. The molecule has 1 aliphatic rings. The van der Waals surface area contributed by atoms with Gasteiger partial charge in [-0.25, -0.2) is 0 Å². The quantitative estimate of drug-likeness (QED) is 0.647. The predicted molar refractivity (Wildman–Crippen MR) is 111 cm³/mol. The third-order valence-corrected chi connectivity index (χ3v) is 5.08. The number of carbonyl (C=O) groups excluding carboxylic acids is 2. The van der Waals surface area contributed by atoms with Crippen molar-refractivity contribution >= 4 is 11.8 Å². The lowest BCUT2D eigenvalue weighted by molar-refractivity contribution is -0.120. The van der Waals surface area contributed by atoms with Gasteiger partial charge in [-0.15, -0.1) is 0 Å². The Kier molecular flexibility index (Phi) is 6.75. The summed E-state index contributed by atoms with van der Waals surface area (Å²) in [4.78, 5) is 24.6. The van der Waals surface area contributed by atoms with Gasteiger partial charge in [0, 0.05) is 17.5 Å². The molecule has 0 aromatic heterocycles. The highest BCUT2D eigenvalue weighted by Crippen LogP contribution is 2.47. The average molecular weight is 396 g/mol. The van der Waals surface area contributed by atoms with E-state index >= 15 is 0 Å². The zero-order valence-electron chi connectivity index (χ0n) is 17.0. The minimum Gasteiger partial charge on any atom is -0.490 e. The van der Waals surface area contributed by atoms with Crippen LogP contribution in [-0.2, 0) is 10.2 Å². The summed E-state index contributed by atoms with van der Waals surface area (Å²) in [6.45, 7) is 5.25. The molecule has 0 unspecified atom stereocenters. The molecule has 0 spiro atoms. The number of rotatable bonds is 10. The largest absolute Gasteiger partial charge is 0.490 e. The van der Waals surface area contributed by atoms with Crippen molar-refractivity contribution in [1.29, 1.82) is 0 Å². The molecule has 0 saturated heterocycles. The lowest BCUT2D eigenvalue weighted by atomic mass is 9.96. The number of nitrogens with one attached hydrogen (secondary N) is 2. The number of benzene rings is 2. The summed E-state index contributed by atoms with van der Waals surface area (Å²) in [5, 5.41) is 5.62. The van der Waals surface area contributed by atoms with Gasteiger partial charge in [-0.1, -0.05) is 30.3 Å². The number of carbonyl (C=O) groups is 2. The highest BCUT2D eigenvalue weighted by atomic mass is 16.5. The Morgan fingerprint density at radius 2 is 1.62 bits per heavy atom. The molecule has 2 aromatic carbocycles. The van der Waals surface area contributed by atoms with E-state index in [-0.39, 0.29) is 23.8 Å². The van der Waals surface area contributed by atoms with E-state index < -0.39 is 0 Å². The lowest BCUT2D eigenvalue weighted by Crippen LogP contribution is -2.40. The third kappa shape index (κ3) is 5.28. The molecule has 2 N–H and O–H groups in total. The molecule has 3 rings (SSSR count). The summed E-state index contributed by atoms with van der Waals surface area (Å²) < 4.78 is 11.1. The van der Waals surface area contributed by atoms with Crippen molar-refractivity contribution < 1.29 is 19.1 Å². The van der Waals surface area contributed by atoms with Gasteiger partial charge in [-0.3, -0.25) is 9.59 Å². The summed E-state index contributed by atoms with van der Waals surface area (Å²) in [7, 11) is 0. The fraction of sp³-hybridized carbons (Fsp3) is 0.391. The molecule has 0 bridgehead atoms. The molecule has 0 aliphatic heterocycles. The number of hydrogen-bond acceptors (Lipinski definition) is 4. The second-order valence-corrected chi connectivity index (χ2v) is 7.13. The Morgan fingerprint density at radius 3 is 2.28 bits per heavy atom. The Balaban J connectivity index is 1.51. The van der Waals surface area contributed by atoms with Crippen LogP contribution in [-0.4, -0.2) is 38.1 Å². The van der Waals surface area contributed by atoms with Crippen LogP contribution in [0.5, 0.6) is 11.5 Å². The van der Waals surface area contributed by atoms with Crippen LogP contribution in [0.25, 0.3) is 0 Å². The summed E-state index contributed by atoms with van der Waals surface area (Å²) in [5.74, 6) is 0.592. The van der Waals surface area contributed by atoms with Gasteiger partial charge in [0.05, 0.1) is 19.8 Å². The molecular formula is C23H28N2O4. The van der Waals surface area contributed by atoms with E-state index in [4.69, 9.17) is 9.47 Å². The van der Waals surface area contributed by atoms with Crippen LogP contribution in [0.3, 0.4) is 0 Å². The standard InChI is InChI=1S/C23H28N2O4/c1-3-28-19-11-10-17(14-20(19)29-4-2)22(27)24-15-21(26)25-16-23(12-13-23)18-8-6-5-7-9-18/h5-11,14H,3-4,12-13,15-16H2,1-2H3,(H,24,27)(H,25,26). The molecule has 0 heterocycles. The zero-order valence-corrected chi connectivity index (χ0v) is 17.0. The maximum atomic E-state index is 12.4. The van der Waals surface area contributed by atoms with E-state index in [0.717, 1.165) is 12.8 Å². The number of ether oxygens (including phenoxy) is 2. The average Bonchev–Trinajstić information content (AvgIpc) is 3.54. The van der Waals surface area contributed by atoms with Crippen molar-refractivity contribution in [3.05, 3.63) is 59.7 Å². The SMILES string of the molecule is CCOc1ccc(C(=O)NCC(=O)NCC2(c3ccccc3)CC2)cc1OCC. The molecule has 1 saturated carbocycles. The Morgan fingerprint density at radius 1 is 0.931 bits per heavy atom. The van der Waals surface area contributed by atoms with Gasteiger partial charge in [0.15, 0.2) is 11.5 Å². The van der Waals surface area contributed by atoms with E-state index in [9.17, 15) is 9.59 Å². The maximum Gasteiger partial charge on any atom is 0.251 e. The van der Waals surface area contributed by atoms with Gasteiger partial charge in [0.1, 0.15) is 0 Å². The van der Waals surface area contributed by atoms with Gasteiger partial charge in [-0.2, -0.15) is 0 Å². The highest BCUT2D eigenvalue weighted by molar-refractivity contribution is 5.97. The van der Waals surface area contributed by atoms with Crippen molar-refractivity contribution in [1.82, 2.24) is 10.6 Å². The minimum atomic E-state index is -0.326. The van der Waals surface area contributed by atoms with E-state index in [1.807, 2.05) is 32.0 Å². The molecule has 1 fully saturated rings. The van der Waals surface area contributed by atoms with E-state index in [2.05, 4.69) is 22.8 Å². The molecule has 29 heavy (non-hydrogen) atoms. The Labute approximate surface area is 171 Å². The van der Waals surface area contributed by atoms with Gasteiger partial charge in [0.2, 0.25) is 5.91 Å². The van der Waals surface area contributed by atoms with Crippen LogP contribution < -0.4 is 20.1 Å². The van der Waals surface area contributed by atoms with E-state index in [0.29, 0.717) is 36.8 Å². The van der Waals surface area contributed by atoms with Crippen molar-refractivity contribution in [2.24, 2.45) is 0 Å². The Hall–Kier alpha value is -3.02. The van der Waals surface area contributed by atoms with Crippen LogP contribution in [0.2, 0.25) is 0 Å². The number of amides is 2. The molecule has 2 aromatic rings. The Bertz CT molecular complexity index is 847.